The number of hydrogen-bond acceptors (Lipinski definition) is 7. The third kappa shape index (κ3) is 5.08. The van der Waals surface area contributed by atoms with E-state index in [-0.39, 0.29) is 22.9 Å². The van der Waals surface area contributed by atoms with Crippen molar-refractivity contribution in [3.05, 3.63) is 48.4 Å². The van der Waals surface area contributed by atoms with Crippen molar-refractivity contribution in [2.75, 3.05) is 10.6 Å². The molecule has 3 aromatic heterocycles. The van der Waals surface area contributed by atoms with E-state index in [0.29, 0.717) is 5.56 Å². The van der Waals surface area contributed by atoms with Crippen LogP contribution in [0, 0.1) is 11.4 Å². The smallest absolute Gasteiger partial charge is 0.413 e. The van der Waals surface area contributed by atoms with Gasteiger partial charge in [-0.1, -0.05) is 6.92 Å². The van der Waals surface area contributed by atoms with E-state index in [4.69, 9.17) is 4.74 Å². The monoisotopic (exact) mass is 489 g/mol. The van der Waals surface area contributed by atoms with Gasteiger partial charge in [-0.05, 0) is 19.1 Å². The van der Waals surface area contributed by atoms with Crippen LogP contribution in [0.25, 0.3) is 11.4 Å². The van der Waals surface area contributed by atoms with E-state index in [1.165, 1.54) is 55.4 Å². The Bertz CT molecular complexity index is 1260. The summed E-state index contributed by atoms with van der Waals surface area (Å²) in [6.07, 6.45) is 2.55. The van der Waals surface area contributed by atoms with Gasteiger partial charge in [0.25, 0.3) is 0 Å². The number of rotatable bonds is 6. The molecule has 0 saturated heterocycles. The molecule has 1 aliphatic carbocycles. The Hall–Kier alpha value is -4.03. The number of aromatic nitrogens is 5. The maximum absolute atomic E-state index is 13.8. The topological polar surface area (TPSA) is 124 Å². The van der Waals surface area contributed by atoms with Gasteiger partial charge in [-0.25, -0.2) is 28.5 Å². The summed E-state index contributed by atoms with van der Waals surface area (Å²) in [5, 5.41) is 9.18. The number of carbonyl (C=O) groups is 2. The fraction of sp³-hybridized carbons (Fsp3) is 0.364. The first-order valence-corrected chi connectivity index (χ1v) is 10.6. The second-order valence-corrected chi connectivity index (χ2v) is 8.61. The van der Waals surface area contributed by atoms with Gasteiger partial charge in [-0.3, -0.25) is 14.8 Å². The second-order valence-electron chi connectivity index (χ2n) is 8.61. The third-order valence-electron chi connectivity index (χ3n) is 5.67. The largest absolute Gasteiger partial charge is 0.441 e. The average molecular weight is 489 g/mol. The molecule has 0 unspecified atom stereocenters. The van der Waals surface area contributed by atoms with E-state index in [0.717, 1.165) is 0 Å². The summed E-state index contributed by atoms with van der Waals surface area (Å²) in [5.74, 6) is -3.71. The number of alkyl halides is 2. The number of aryl methyl sites for hydroxylation is 1. The zero-order chi connectivity index (χ0) is 25.4. The molecular weight excluding hydrogens is 467 g/mol. The Balaban J connectivity index is 1.43. The molecule has 0 spiro atoms. The van der Waals surface area contributed by atoms with Gasteiger partial charge in [0.15, 0.2) is 5.82 Å². The summed E-state index contributed by atoms with van der Waals surface area (Å²) < 4.78 is 46.9. The highest BCUT2D eigenvalue weighted by Gasteiger charge is 2.57. The Morgan fingerprint density at radius 1 is 1.14 bits per heavy atom. The highest BCUT2D eigenvalue weighted by Crippen LogP contribution is 2.52. The van der Waals surface area contributed by atoms with Crippen LogP contribution >= 0.6 is 0 Å². The molecule has 3 heterocycles. The van der Waals surface area contributed by atoms with Gasteiger partial charge in [-0.2, -0.15) is 9.49 Å². The van der Waals surface area contributed by atoms with E-state index in [1.807, 2.05) is 0 Å². The minimum atomic E-state index is -2.83. The normalized spacial score (nSPS) is 16.6. The van der Waals surface area contributed by atoms with Gasteiger partial charge in [-0.15, -0.1) is 0 Å². The number of carbonyl (C=O) groups excluding carboxylic acids is 2. The average Bonchev–Trinajstić information content (AvgIpc) is 3.13. The lowest BCUT2D eigenvalue weighted by molar-refractivity contribution is -0.170. The molecule has 1 atom stereocenters. The minimum absolute atomic E-state index is 0.119. The van der Waals surface area contributed by atoms with Crippen molar-refractivity contribution in [1.29, 1.82) is 0 Å². The lowest BCUT2D eigenvalue weighted by Gasteiger charge is -2.43. The second kappa shape index (κ2) is 8.96. The number of nitrogens with zero attached hydrogens (tertiary/aromatic N) is 5. The van der Waals surface area contributed by atoms with Crippen molar-refractivity contribution in [2.45, 2.75) is 38.7 Å². The van der Waals surface area contributed by atoms with Crippen LogP contribution in [0.5, 0.6) is 0 Å². The molecule has 1 saturated carbocycles. The Labute approximate surface area is 197 Å². The molecule has 2 N–H and O–H groups in total. The van der Waals surface area contributed by atoms with Crippen LogP contribution in [0.15, 0.2) is 36.9 Å². The van der Waals surface area contributed by atoms with Gasteiger partial charge in [0, 0.05) is 31.6 Å². The summed E-state index contributed by atoms with van der Waals surface area (Å²) in [5.41, 5.74) is -0.444. The van der Waals surface area contributed by atoms with Crippen molar-refractivity contribution < 1.29 is 27.5 Å². The van der Waals surface area contributed by atoms with Gasteiger partial charge in [0.05, 0.1) is 35.3 Å². The number of pyridine rings is 1. The summed E-state index contributed by atoms with van der Waals surface area (Å²) in [4.78, 5) is 36.7. The predicted octanol–water partition coefficient (Wildman–Crippen LogP) is 4.09. The third-order valence-corrected chi connectivity index (χ3v) is 5.67. The molecular formula is C22H22F3N7O3. The number of hydrogen-bond donors (Lipinski definition) is 2. The van der Waals surface area contributed by atoms with Crippen molar-refractivity contribution in [1.82, 2.24) is 24.7 Å². The number of anilines is 2. The molecule has 1 aliphatic rings. The number of ether oxygens (including phenoxy) is 1. The minimum Gasteiger partial charge on any atom is -0.441 e. The lowest BCUT2D eigenvalue weighted by Crippen LogP contribution is -2.51. The fourth-order valence-electron chi connectivity index (χ4n) is 3.87. The SMILES string of the molecule is C[C@@H](OC(=O)Nc1c(-c2ncc(NC(=O)C3(C)CC(F)(F)C3)cn2)cnn1C)c1cccnc1F. The van der Waals surface area contributed by atoms with E-state index in [1.54, 1.807) is 7.05 Å². The molecule has 0 bridgehead atoms. The molecule has 4 rings (SSSR count). The van der Waals surface area contributed by atoms with Gasteiger partial charge in [0.1, 0.15) is 11.9 Å². The van der Waals surface area contributed by atoms with Crippen LogP contribution < -0.4 is 10.6 Å². The Kier molecular flexibility index (Phi) is 6.17. The fourth-order valence-corrected chi connectivity index (χ4v) is 3.87. The summed E-state index contributed by atoms with van der Waals surface area (Å²) in [6, 6.07) is 2.99. The number of nitrogens with one attached hydrogen (secondary N) is 2. The van der Waals surface area contributed by atoms with Crippen LogP contribution in [-0.4, -0.2) is 42.7 Å². The Morgan fingerprint density at radius 3 is 2.46 bits per heavy atom. The molecule has 184 valence electrons. The van der Waals surface area contributed by atoms with Crippen molar-refractivity contribution in [3.63, 3.8) is 0 Å². The lowest BCUT2D eigenvalue weighted by atomic mass is 9.67. The number of amides is 2. The Morgan fingerprint density at radius 2 is 1.83 bits per heavy atom. The zero-order valence-corrected chi connectivity index (χ0v) is 19.1. The molecule has 0 radical (unpaired) electrons. The van der Waals surface area contributed by atoms with Crippen LogP contribution in [-0.2, 0) is 16.6 Å². The first-order chi connectivity index (χ1) is 16.5. The van der Waals surface area contributed by atoms with Gasteiger partial charge >= 0.3 is 6.09 Å². The molecule has 2 amide bonds. The predicted molar refractivity (Wildman–Crippen MR) is 118 cm³/mol. The first kappa shape index (κ1) is 24.1. The quantitative estimate of drug-likeness (QED) is 0.500. The summed E-state index contributed by atoms with van der Waals surface area (Å²) in [7, 11) is 1.58. The van der Waals surface area contributed by atoms with Crippen LogP contribution in [0.1, 0.15) is 38.4 Å². The van der Waals surface area contributed by atoms with Gasteiger partial charge < -0.3 is 10.1 Å². The standard InChI is InChI=1S/C22H22F3N7O3/c1-12(14-5-4-6-26-16(14)23)35-20(34)31-18-15(9-29-32(18)3)17-27-7-13(8-28-17)30-19(33)21(2)10-22(24,25)11-21/h4-9,12H,10-11H2,1-3H3,(H,30,33)(H,31,34)/t12-/m1/s1. The highest BCUT2D eigenvalue weighted by atomic mass is 19.3. The highest BCUT2D eigenvalue weighted by molar-refractivity contribution is 5.96. The molecule has 13 heteroatoms. The van der Waals surface area contributed by atoms with E-state index >= 15 is 0 Å². The van der Waals surface area contributed by atoms with Crippen molar-refractivity contribution in [2.24, 2.45) is 12.5 Å². The maximum Gasteiger partial charge on any atom is 0.413 e. The van der Waals surface area contributed by atoms with Crippen molar-refractivity contribution >= 4 is 23.5 Å². The van der Waals surface area contributed by atoms with Gasteiger partial charge in [0.2, 0.25) is 17.8 Å². The molecule has 0 aliphatic heterocycles. The molecule has 3 aromatic rings. The molecule has 1 fully saturated rings. The molecule has 10 nitrogen and oxygen atoms in total. The van der Waals surface area contributed by atoms with Crippen molar-refractivity contribution in [3.8, 4) is 11.4 Å². The summed E-state index contributed by atoms with van der Waals surface area (Å²) in [6.45, 7) is 2.98. The molecule has 35 heavy (non-hydrogen) atoms. The molecule has 0 aromatic carbocycles. The zero-order valence-electron chi connectivity index (χ0n) is 19.1. The first-order valence-electron chi connectivity index (χ1n) is 10.6. The van der Waals surface area contributed by atoms with Crippen LogP contribution in [0.2, 0.25) is 0 Å². The maximum atomic E-state index is 13.8. The van der Waals surface area contributed by atoms with E-state index in [2.05, 4.69) is 30.7 Å². The van der Waals surface area contributed by atoms with Crippen LogP contribution in [0.4, 0.5) is 29.5 Å². The van der Waals surface area contributed by atoms with Crippen LogP contribution in [0.3, 0.4) is 0 Å². The number of halogens is 3. The summed E-state index contributed by atoms with van der Waals surface area (Å²) >= 11 is 0. The van der Waals surface area contributed by atoms with E-state index in [9.17, 15) is 22.8 Å². The van der Waals surface area contributed by atoms with E-state index < -0.39 is 48.2 Å².